The van der Waals surface area contributed by atoms with Crippen LogP contribution in [0.15, 0.2) is 22.6 Å². The third kappa shape index (κ3) is 3.16. The van der Waals surface area contributed by atoms with E-state index >= 15 is 0 Å². The molecule has 0 saturated carbocycles. The number of nitrogens with two attached hydrogens (primary N) is 1. The molecule has 0 atom stereocenters. The second-order valence-electron chi connectivity index (χ2n) is 3.47. The lowest BCUT2D eigenvalue weighted by atomic mass is 10.2. The largest absolute Gasteiger partial charge is 0.491 e. The van der Waals surface area contributed by atoms with Gasteiger partial charge >= 0.3 is 0 Å². The van der Waals surface area contributed by atoms with Gasteiger partial charge in [-0.3, -0.25) is 5.43 Å². The maximum atomic E-state index is 13.4. The molecule has 1 heterocycles. The fourth-order valence-electron chi connectivity index (χ4n) is 1.35. The first-order valence-corrected chi connectivity index (χ1v) is 6.01. The van der Waals surface area contributed by atoms with Crippen LogP contribution in [0.2, 0.25) is 0 Å². The number of thiazole rings is 1. The lowest BCUT2D eigenvalue weighted by molar-refractivity contribution is 0.360. The summed E-state index contributed by atoms with van der Waals surface area (Å²) < 4.78 is 31.4. The number of nitrogen functional groups attached to an aromatic ring is 1. The van der Waals surface area contributed by atoms with Crippen molar-refractivity contribution in [1.82, 2.24) is 4.98 Å². The molecule has 5 nitrogen and oxygen atoms in total. The highest BCUT2D eigenvalue weighted by Crippen LogP contribution is 2.22. The molecule has 1 aromatic carbocycles. The number of halogens is 2. The second kappa shape index (κ2) is 5.61. The van der Waals surface area contributed by atoms with Gasteiger partial charge in [-0.15, -0.1) is 11.3 Å². The zero-order valence-electron chi connectivity index (χ0n) is 9.85. The summed E-state index contributed by atoms with van der Waals surface area (Å²) in [6.07, 6.45) is 1.27. The van der Waals surface area contributed by atoms with Gasteiger partial charge in [-0.1, -0.05) is 0 Å². The van der Waals surface area contributed by atoms with Gasteiger partial charge in [0.25, 0.3) is 0 Å². The Labute approximate surface area is 111 Å². The van der Waals surface area contributed by atoms with Crippen LogP contribution < -0.4 is 15.9 Å². The summed E-state index contributed by atoms with van der Waals surface area (Å²) in [7, 11) is 1.20. The lowest BCUT2D eigenvalue weighted by Crippen LogP contribution is -1.96. The Bertz CT molecular complexity index is 591. The Morgan fingerprint density at radius 3 is 2.63 bits per heavy atom. The van der Waals surface area contributed by atoms with Gasteiger partial charge in [0.2, 0.25) is 5.13 Å². The number of aromatic nitrogens is 1. The first-order chi connectivity index (χ1) is 9.10. The standard InChI is InChI=1S/C11H10F2N4OS/c1-18-10-7(12)2-6(3-8(10)13)4-15-17-11-16-9(14)5-19-11/h2-5H,14H2,1H3,(H,16,17). The van der Waals surface area contributed by atoms with Crippen molar-refractivity contribution in [3.05, 3.63) is 34.7 Å². The van der Waals surface area contributed by atoms with Crippen molar-refractivity contribution in [2.24, 2.45) is 5.10 Å². The molecule has 1 aromatic heterocycles. The van der Waals surface area contributed by atoms with E-state index in [2.05, 4.69) is 20.2 Å². The van der Waals surface area contributed by atoms with Gasteiger partial charge in [-0.25, -0.2) is 13.8 Å². The molecule has 0 spiro atoms. The quantitative estimate of drug-likeness (QED) is 0.668. The highest BCUT2D eigenvalue weighted by atomic mass is 32.1. The highest BCUT2D eigenvalue weighted by Gasteiger charge is 2.10. The third-order valence-corrected chi connectivity index (χ3v) is 2.89. The van der Waals surface area contributed by atoms with Gasteiger partial charge in [0.15, 0.2) is 17.4 Å². The van der Waals surface area contributed by atoms with Crippen LogP contribution in [0.4, 0.5) is 19.7 Å². The van der Waals surface area contributed by atoms with Crippen molar-refractivity contribution in [2.75, 3.05) is 18.3 Å². The molecule has 0 aliphatic heterocycles. The summed E-state index contributed by atoms with van der Waals surface area (Å²) in [6, 6.07) is 2.23. The number of nitrogens with zero attached hydrogens (tertiary/aromatic N) is 2. The third-order valence-electron chi connectivity index (χ3n) is 2.12. The van der Waals surface area contributed by atoms with Crippen molar-refractivity contribution >= 4 is 28.5 Å². The average molecular weight is 284 g/mol. The van der Waals surface area contributed by atoms with Crippen molar-refractivity contribution < 1.29 is 13.5 Å². The predicted octanol–water partition coefficient (Wildman–Crippen LogP) is 2.46. The number of benzene rings is 1. The first-order valence-electron chi connectivity index (χ1n) is 5.13. The zero-order chi connectivity index (χ0) is 13.8. The van der Waals surface area contributed by atoms with Gasteiger partial charge in [0, 0.05) is 10.9 Å². The fraction of sp³-hybridized carbons (Fsp3) is 0.0909. The number of hydrazone groups is 1. The number of nitrogens with one attached hydrogen (secondary N) is 1. The molecule has 100 valence electrons. The van der Waals surface area contributed by atoms with Gasteiger partial charge in [-0.2, -0.15) is 5.10 Å². The summed E-state index contributed by atoms with van der Waals surface area (Å²) in [5.74, 6) is -1.62. The number of hydrogen-bond acceptors (Lipinski definition) is 6. The van der Waals surface area contributed by atoms with Crippen LogP contribution in [-0.4, -0.2) is 18.3 Å². The molecule has 3 N–H and O–H groups in total. The van der Waals surface area contributed by atoms with Crippen LogP contribution in [0.1, 0.15) is 5.56 Å². The Morgan fingerprint density at radius 2 is 2.11 bits per heavy atom. The molecule has 0 aliphatic rings. The van der Waals surface area contributed by atoms with E-state index in [1.807, 2.05) is 0 Å². The minimum atomic E-state index is -0.789. The van der Waals surface area contributed by atoms with E-state index < -0.39 is 17.4 Å². The summed E-state index contributed by atoms with van der Waals surface area (Å²) in [6.45, 7) is 0. The molecule has 0 aliphatic carbocycles. The van der Waals surface area contributed by atoms with Crippen molar-refractivity contribution in [3.63, 3.8) is 0 Å². The minimum absolute atomic E-state index is 0.257. The molecule has 0 unspecified atom stereocenters. The number of rotatable bonds is 4. The predicted molar refractivity (Wildman–Crippen MR) is 70.7 cm³/mol. The summed E-state index contributed by atoms with van der Waals surface area (Å²) >= 11 is 1.27. The van der Waals surface area contributed by atoms with Crippen LogP contribution in [0.3, 0.4) is 0 Å². The second-order valence-corrected chi connectivity index (χ2v) is 4.32. The molecule has 0 bridgehead atoms. The molecule has 0 saturated heterocycles. The highest BCUT2D eigenvalue weighted by molar-refractivity contribution is 7.14. The Hall–Kier alpha value is -2.22. The van der Waals surface area contributed by atoms with E-state index in [1.54, 1.807) is 5.38 Å². The summed E-state index contributed by atoms with van der Waals surface area (Å²) in [5.41, 5.74) is 8.29. The van der Waals surface area contributed by atoms with Crippen LogP contribution in [0.5, 0.6) is 5.75 Å². The summed E-state index contributed by atoms with van der Waals surface area (Å²) in [5, 5.41) is 5.94. The monoisotopic (exact) mass is 284 g/mol. The number of anilines is 2. The molecule has 8 heteroatoms. The van der Waals surface area contributed by atoms with Gasteiger partial charge < -0.3 is 10.5 Å². The molecule has 0 radical (unpaired) electrons. The Balaban J connectivity index is 2.11. The van der Waals surface area contributed by atoms with Crippen LogP contribution in [0.25, 0.3) is 0 Å². The molecular formula is C11H10F2N4OS. The maximum Gasteiger partial charge on any atom is 0.205 e. The van der Waals surface area contributed by atoms with E-state index in [0.29, 0.717) is 10.9 Å². The SMILES string of the molecule is COc1c(F)cc(C=NNc2nc(N)cs2)cc1F. The first kappa shape index (κ1) is 13.2. The van der Waals surface area contributed by atoms with E-state index in [-0.39, 0.29) is 5.56 Å². The summed E-state index contributed by atoms with van der Waals surface area (Å²) in [4.78, 5) is 3.91. The Kier molecular flexibility index (Phi) is 3.91. The smallest absolute Gasteiger partial charge is 0.205 e. The van der Waals surface area contributed by atoms with E-state index in [0.717, 1.165) is 12.1 Å². The van der Waals surface area contributed by atoms with Crippen molar-refractivity contribution in [2.45, 2.75) is 0 Å². The van der Waals surface area contributed by atoms with Crippen molar-refractivity contribution in [3.8, 4) is 5.75 Å². The Morgan fingerprint density at radius 1 is 1.42 bits per heavy atom. The van der Waals surface area contributed by atoms with Crippen LogP contribution in [-0.2, 0) is 0 Å². The number of hydrogen-bond donors (Lipinski definition) is 2. The molecule has 0 fully saturated rings. The average Bonchev–Trinajstić information content (AvgIpc) is 2.75. The maximum absolute atomic E-state index is 13.4. The van der Waals surface area contributed by atoms with E-state index in [1.165, 1.54) is 24.7 Å². The fourth-order valence-corrected chi connectivity index (χ4v) is 1.90. The number of ether oxygens (including phenoxy) is 1. The normalized spacial score (nSPS) is 10.9. The van der Waals surface area contributed by atoms with E-state index in [9.17, 15) is 8.78 Å². The number of methoxy groups -OCH3 is 1. The molecule has 19 heavy (non-hydrogen) atoms. The van der Waals surface area contributed by atoms with E-state index in [4.69, 9.17) is 5.73 Å². The van der Waals surface area contributed by atoms with Gasteiger partial charge in [-0.05, 0) is 12.1 Å². The van der Waals surface area contributed by atoms with Crippen LogP contribution >= 0.6 is 11.3 Å². The topological polar surface area (TPSA) is 72.5 Å². The van der Waals surface area contributed by atoms with Crippen molar-refractivity contribution in [1.29, 1.82) is 0 Å². The molecule has 2 rings (SSSR count). The lowest BCUT2D eigenvalue weighted by Gasteiger charge is -2.03. The minimum Gasteiger partial charge on any atom is -0.491 e. The molecule has 2 aromatic rings. The molecule has 0 amide bonds. The molecular weight excluding hydrogens is 274 g/mol. The van der Waals surface area contributed by atoms with Crippen LogP contribution in [0, 0.1) is 11.6 Å². The zero-order valence-corrected chi connectivity index (χ0v) is 10.7. The van der Waals surface area contributed by atoms with Gasteiger partial charge in [0.1, 0.15) is 5.82 Å². The van der Waals surface area contributed by atoms with Gasteiger partial charge in [0.05, 0.1) is 13.3 Å².